The second kappa shape index (κ2) is 3.27. The molecule has 0 aliphatic carbocycles. The van der Waals surface area contributed by atoms with E-state index in [1.165, 1.54) is 6.26 Å². The molecule has 1 atom stereocenters. The van der Waals surface area contributed by atoms with E-state index in [4.69, 9.17) is 0 Å². The lowest BCUT2D eigenvalue weighted by Crippen LogP contribution is -2.34. The number of aromatic amines is 1. The number of H-pyrrole nitrogens is 1. The maximum atomic E-state index is 11.3. The average Bonchev–Trinajstić information content (AvgIpc) is 2.89. The topological polar surface area (TPSA) is 79.1 Å². The molecule has 2 heterocycles. The maximum absolute atomic E-state index is 11.3. The normalized spacial score (nSPS) is 14.7. The van der Waals surface area contributed by atoms with Crippen molar-refractivity contribution in [3.63, 3.8) is 0 Å². The number of aromatic nitrogens is 2. The smallest absolute Gasteiger partial charge is 0.321 e. The Morgan fingerprint density at radius 1 is 1.60 bits per heavy atom. The zero-order chi connectivity index (χ0) is 10.9. The molecule has 1 unspecified atom stereocenters. The summed E-state index contributed by atoms with van der Waals surface area (Å²) < 4.78 is 4.68. The van der Waals surface area contributed by atoms with E-state index in [-0.39, 0.29) is 0 Å². The van der Waals surface area contributed by atoms with Crippen LogP contribution in [0.4, 0.5) is 0 Å². The van der Waals surface area contributed by atoms with Crippen LogP contribution in [0.1, 0.15) is 18.3 Å². The first kappa shape index (κ1) is 9.51. The molecule has 0 aliphatic rings. The number of nitrogens with zero attached hydrogens (tertiary/aromatic N) is 1. The summed E-state index contributed by atoms with van der Waals surface area (Å²) in [6.07, 6.45) is 3.04. The molecule has 0 amide bonds. The summed E-state index contributed by atoms with van der Waals surface area (Å²) in [5.74, 6) is -0.973. The Balaban J connectivity index is 2.56. The largest absolute Gasteiger partial charge is 0.480 e. The highest BCUT2D eigenvalue weighted by molar-refractivity contribution is 5.84. The lowest BCUT2D eigenvalue weighted by molar-refractivity contribution is -0.141. The number of carboxylic acids is 1. The Morgan fingerprint density at radius 2 is 2.40 bits per heavy atom. The molecule has 0 saturated carbocycles. The molecule has 0 saturated heterocycles. The van der Waals surface area contributed by atoms with Crippen molar-refractivity contribution < 1.29 is 14.4 Å². The molecule has 15 heavy (non-hydrogen) atoms. The van der Waals surface area contributed by atoms with Crippen LogP contribution in [0.5, 0.6) is 0 Å². The van der Waals surface area contributed by atoms with Gasteiger partial charge in [-0.25, -0.2) is 0 Å². The Kier molecular flexibility index (Phi) is 2.07. The predicted molar refractivity (Wildman–Crippen MR) is 51.4 cm³/mol. The van der Waals surface area contributed by atoms with Crippen LogP contribution in [0.2, 0.25) is 0 Å². The molecular formula is C10H10N2O3. The van der Waals surface area contributed by atoms with Crippen LogP contribution < -0.4 is 0 Å². The van der Waals surface area contributed by atoms with Crippen LogP contribution in [-0.4, -0.2) is 21.2 Å². The van der Waals surface area contributed by atoms with Gasteiger partial charge < -0.3 is 14.6 Å². The fourth-order valence-electron chi connectivity index (χ4n) is 1.47. The number of hydrogen-bond acceptors (Lipinski definition) is 3. The molecular weight excluding hydrogens is 196 g/mol. The fourth-order valence-corrected chi connectivity index (χ4v) is 1.47. The third kappa shape index (κ3) is 1.32. The molecule has 0 fully saturated rings. The highest BCUT2D eigenvalue weighted by Crippen LogP contribution is 2.29. The molecule has 5 nitrogen and oxygen atoms in total. The van der Waals surface area contributed by atoms with E-state index in [1.807, 2.05) is 0 Å². The first-order valence-electron chi connectivity index (χ1n) is 4.44. The minimum atomic E-state index is -1.20. The van der Waals surface area contributed by atoms with Gasteiger partial charge >= 0.3 is 5.97 Å². The van der Waals surface area contributed by atoms with Gasteiger partial charge in [0.05, 0.1) is 0 Å². The van der Waals surface area contributed by atoms with E-state index >= 15 is 0 Å². The van der Waals surface area contributed by atoms with Crippen molar-refractivity contribution in [2.24, 2.45) is 0 Å². The molecule has 2 N–H and O–H groups in total. The molecule has 0 radical (unpaired) electrons. The lowest BCUT2D eigenvalue weighted by atomic mass is 9.83. The third-order valence-electron chi connectivity index (χ3n) is 2.51. The number of hydrogen-bond donors (Lipinski definition) is 2. The summed E-state index contributed by atoms with van der Waals surface area (Å²) in [5, 5.41) is 13.0. The summed E-state index contributed by atoms with van der Waals surface area (Å²) in [6.45, 7) is 1.58. The molecule has 78 valence electrons. The van der Waals surface area contributed by atoms with Crippen molar-refractivity contribution in [3.05, 3.63) is 42.0 Å². The van der Waals surface area contributed by atoms with Gasteiger partial charge in [0.1, 0.15) is 17.4 Å². The standard InChI is InChI=1S/C10H10N2O3/c1-10(9(13)14,7-3-2-5-11-7)8-4-6-15-12-8/h2-6,11H,1H3,(H,13,14). The Morgan fingerprint density at radius 3 is 2.87 bits per heavy atom. The van der Waals surface area contributed by atoms with E-state index in [0.29, 0.717) is 11.4 Å². The van der Waals surface area contributed by atoms with Gasteiger partial charge in [-0.15, -0.1) is 0 Å². The number of rotatable bonds is 3. The number of nitrogens with one attached hydrogen (secondary N) is 1. The summed E-state index contributed by atoms with van der Waals surface area (Å²) in [7, 11) is 0. The summed E-state index contributed by atoms with van der Waals surface area (Å²) in [6, 6.07) is 5.01. The predicted octanol–water partition coefficient (Wildman–Crippen LogP) is 1.39. The van der Waals surface area contributed by atoms with Crippen molar-refractivity contribution in [2.45, 2.75) is 12.3 Å². The van der Waals surface area contributed by atoms with Gasteiger partial charge in [-0.2, -0.15) is 0 Å². The number of aliphatic carboxylic acids is 1. The molecule has 0 spiro atoms. The van der Waals surface area contributed by atoms with Gasteiger partial charge in [-0.3, -0.25) is 4.79 Å². The van der Waals surface area contributed by atoms with Gasteiger partial charge in [0.15, 0.2) is 0 Å². The summed E-state index contributed by atoms with van der Waals surface area (Å²) in [4.78, 5) is 14.2. The zero-order valence-corrected chi connectivity index (χ0v) is 8.10. The van der Waals surface area contributed by atoms with Gasteiger partial charge in [0, 0.05) is 18.0 Å². The van der Waals surface area contributed by atoms with Gasteiger partial charge in [0.25, 0.3) is 0 Å². The van der Waals surface area contributed by atoms with Crippen molar-refractivity contribution in [3.8, 4) is 0 Å². The molecule has 0 aromatic carbocycles. The number of carbonyl (C=O) groups is 1. The first-order valence-corrected chi connectivity index (χ1v) is 4.44. The molecule has 2 rings (SSSR count). The van der Waals surface area contributed by atoms with Gasteiger partial charge in [-0.1, -0.05) is 5.16 Å². The summed E-state index contributed by atoms with van der Waals surface area (Å²) in [5.41, 5.74) is -0.252. The third-order valence-corrected chi connectivity index (χ3v) is 2.51. The van der Waals surface area contributed by atoms with Crippen LogP contribution in [0.15, 0.2) is 35.2 Å². The maximum Gasteiger partial charge on any atom is 0.321 e. The van der Waals surface area contributed by atoms with Crippen molar-refractivity contribution in [1.29, 1.82) is 0 Å². The highest BCUT2D eigenvalue weighted by Gasteiger charge is 2.40. The van der Waals surface area contributed by atoms with Crippen molar-refractivity contribution >= 4 is 5.97 Å². The minimum absolute atomic E-state index is 0.373. The van der Waals surface area contributed by atoms with Crippen LogP contribution in [-0.2, 0) is 10.2 Å². The quantitative estimate of drug-likeness (QED) is 0.795. The van der Waals surface area contributed by atoms with Crippen molar-refractivity contribution in [2.75, 3.05) is 0 Å². The van der Waals surface area contributed by atoms with Crippen LogP contribution in [0, 0.1) is 0 Å². The van der Waals surface area contributed by atoms with E-state index < -0.39 is 11.4 Å². The highest BCUT2D eigenvalue weighted by atomic mass is 16.5. The van der Waals surface area contributed by atoms with E-state index in [1.54, 1.807) is 31.3 Å². The van der Waals surface area contributed by atoms with Crippen LogP contribution in [0.3, 0.4) is 0 Å². The van der Waals surface area contributed by atoms with Crippen LogP contribution >= 0.6 is 0 Å². The molecule has 0 bridgehead atoms. The van der Waals surface area contributed by atoms with Crippen molar-refractivity contribution in [1.82, 2.24) is 10.1 Å². The monoisotopic (exact) mass is 206 g/mol. The lowest BCUT2D eigenvalue weighted by Gasteiger charge is -2.20. The Labute approximate surface area is 85.7 Å². The summed E-state index contributed by atoms with van der Waals surface area (Å²) >= 11 is 0. The SMILES string of the molecule is CC(C(=O)O)(c1ccon1)c1ccc[nH]1. The van der Waals surface area contributed by atoms with E-state index in [2.05, 4.69) is 14.7 Å². The molecule has 5 heteroatoms. The molecule has 0 aliphatic heterocycles. The second-order valence-electron chi connectivity index (χ2n) is 3.40. The molecule has 2 aromatic rings. The van der Waals surface area contributed by atoms with E-state index in [9.17, 15) is 9.90 Å². The second-order valence-corrected chi connectivity index (χ2v) is 3.40. The molecule has 2 aromatic heterocycles. The minimum Gasteiger partial charge on any atom is -0.480 e. The fraction of sp³-hybridized carbons (Fsp3) is 0.200. The Bertz CT molecular complexity index is 411. The van der Waals surface area contributed by atoms with Crippen LogP contribution in [0.25, 0.3) is 0 Å². The average molecular weight is 206 g/mol. The zero-order valence-electron chi connectivity index (χ0n) is 8.10. The van der Waals surface area contributed by atoms with Gasteiger partial charge in [-0.05, 0) is 19.1 Å². The first-order chi connectivity index (χ1) is 7.15. The Hall–Kier alpha value is -2.04. The van der Waals surface area contributed by atoms with E-state index in [0.717, 1.165) is 0 Å². The van der Waals surface area contributed by atoms with Gasteiger partial charge in [0.2, 0.25) is 0 Å². The number of carboxylic acid groups (broad SMARTS) is 1.